The number of likely N-dealkylation sites (tertiary alicyclic amines) is 2. The summed E-state index contributed by atoms with van der Waals surface area (Å²) in [5, 5.41) is 0. The highest BCUT2D eigenvalue weighted by Gasteiger charge is 2.25. The molecule has 2 saturated heterocycles. The minimum Gasteiger partial charge on any atom is -0.330 e. The number of hydrogen-bond acceptors (Lipinski definition) is 3. The Morgan fingerprint density at radius 1 is 1.05 bits per heavy atom. The standard InChI is InChI=1S/C14H23N3O2/c1-2-3-8-15(11-16-9-4-6-13(16)18)12-17-10-5-7-14(17)19/h2H,1,3-12H2. The van der Waals surface area contributed by atoms with Crippen LogP contribution in [0.1, 0.15) is 32.1 Å². The lowest BCUT2D eigenvalue weighted by atomic mass is 10.4. The Bertz CT molecular complexity index is 329. The lowest BCUT2D eigenvalue weighted by Crippen LogP contribution is -2.45. The van der Waals surface area contributed by atoms with Crippen molar-refractivity contribution >= 4 is 11.8 Å². The van der Waals surface area contributed by atoms with Crippen LogP contribution in [-0.4, -0.2) is 59.5 Å². The monoisotopic (exact) mass is 265 g/mol. The summed E-state index contributed by atoms with van der Waals surface area (Å²) in [5.74, 6) is 0.465. The fourth-order valence-corrected chi connectivity index (χ4v) is 2.65. The normalized spacial score (nSPS) is 19.8. The molecule has 2 aliphatic rings. The highest BCUT2D eigenvalue weighted by Crippen LogP contribution is 2.14. The third-order valence-electron chi connectivity index (χ3n) is 3.73. The zero-order chi connectivity index (χ0) is 13.7. The number of nitrogens with zero attached hydrogens (tertiary/aromatic N) is 3. The van der Waals surface area contributed by atoms with E-state index in [2.05, 4.69) is 11.5 Å². The number of amides is 2. The number of hydrogen-bond donors (Lipinski definition) is 0. The first-order valence-electron chi connectivity index (χ1n) is 7.09. The van der Waals surface area contributed by atoms with E-state index < -0.39 is 0 Å². The van der Waals surface area contributed by atoms with Gasteiger partial charge in [0.2, 0.25) is 11.8 Å². The highest BCUT2D eigenvalue weighted by atomic mass is 16.2. The Labute approximate surface area is 114 Å². The van der Waals surface area contributed by atoms with Crippen LogP contribution in [0.2, 0.25) is 0 Å². The Kier molecular flexibility index (Phi) is 4.96. The number of rotatable bonds is 7. The van der Waals surface area contributed by atoms with E-state index in [1.807, 2.05) is 15.9 Å². The maximum Gasteiger partial charge on any atom is 0.223 e. The van der Waals surface area contributed by atoms with Crippen molar-refractivity contribution < 1.29 is 9.59 Å². The minimum absolute atomic E-state index is 0.233. The predicted octanol–water partition coefficient (Wildman–Crippen LogP) is 1.02. The second-order valence-electron chi connectivity index (χ2n) is 5.28. The number of carbonyl (C=O) groups excluding carboxylic acids is 2. The van der Waals surface area contributed by atoms with Gasteiger partial charge in [0, 0.05) is 32.5 Å². The molecule has 0 unspecified atom stereocenters. The molecule has 5 nitrogen and oxygen atoms in total. The molecule has 2 amide bonds. The van der Waals surface area contributed by atoms with Gasteiger partial charge < -0.3 is 9.80 Å². The van der Waals surface area contributed by atoms with Crippen LogP contribution in [0, 0.1) is 0 Å². The van der Waals surface area contributed by atoms with Gasteiger partial charge in [0.05, 0.1) is 13.3 Å². The summed E-state index contributed by atoms with van der Waals surface area (Å²) in [6.45, 7) is 7.54. The van der Waals surface area contributed by atoms with Gasteiger partial charge in [-0.3, -0.25) is 14.5 Å². The van der Waals surface area contributed by atoms with Crippen molar-refractivity contribution in [2.24, 2.45) is 0 Å². The number of carbonyl (C=O) groups is 2. The van der Waals surface area contributed by atoms with Gasteiger partial charge in [0.15, 0.2) is 0 Å². The van der Waals surface area contributed by atoms with Crippen LogP contribution in [0.5, 0.6) is 0 Å². The average molecular weight is 265 g/mol. The second kappa shape index (κ2) is 6.70. The summed E-state index contributed by atoms with van der Waals surface area (Å²) in [7, 11) is 0. The third-order valence-corrected chi connectivity index (χ3v) is 3.73. The molecule has 0 spiro atoms. The predicted molar refractivity (Wildman–Crippen MR) is 73.1 cm³/mol. The van der Waals surface area contributed by atoms with Crippen LogP contribution in [-0.2, 0) is 9.59 Å². The van der Waals surface area contributed by atoms with Crippen LogP contribution in [0.25, 0.3) is 0 Å². The summed E-state index contributed by atoms with van der Waals surface area (Å²) in [5.41, 5.74) is 0. The average Bonchev–Trinajstić information content (AvgIpc) is 2.97. The molecule has 0 aromatic heterocycles. The Balaban J connectivity index is 1.88. The molecular formula is C14H23N3O2. The first-order chi connectivity index (χ1) is 9.20. The van der Waals surface area contributed by atoms with E-state index in [1.165, 1.54) is 0 Å². The van der Waals surface area contributed by atoms with Gasteiger partial charge >= 0.3 is 0 Å². The van der Waals surface area contributed by atoms with E-state index in [1.54, 1.807) is 0 Å². The van der Waals surface area contributed by atoms with E-state index in [0.29, 0.717) is 26.2 Å². The zero-order valence-electron chi connectivity index (χ0n) is 11.5. The third kappa shape index (κ3) is 3.80. The topological polar surface area (TPSA) is 43.9 Å². The van der Waals surface area contributed by atoms with Crippen molar-refractivity contribution in [2.75, 3.05) is 33.0 Å². The van der Waals surface area contributed by atoms with Crippen LogP contribution in [0.3, 0.4) is 0 Å². The second-order valence-corrected chi connectivity index (χ2v) is 5.28. The molecular weight excluding hydrogens is 242 g/mol. The molecule has 0 saturated carbocycles. The lowest BCUT2D eigenvalue weighted by molar-refractivity contribution is -0.132. The van der Waals surface area contributed by atoms with Gasteiger partial charge in [-0.15, -0.1) is 6.58 Å². The highest BCUT2D eigenvalue weighted by molar-refractivity contribution is 5.78. The molecule has 2 rings (SSSR count). The molecule has 2 fully saturated rings. The van der Waals surface area contributed by atoms with Crippen LogP contribution >= 0.6 is 0 Å². The molecule has 0 bridgehead atoms. The zero-order valence-corrected chi connectivity index (χ0v) is 11.5. The van der Waals surface area contributed by atoms with Crippen molar-refractivity contribution in [2.45, 2.75) is 32.1 Å². The van der Waals surface area contributed by atoms with Crippen LogP contribution < -0.4 is 0 Å². The van der Waals surface area contributed by atoms with Crippen molar-refractivity contribution in [3.8, 4) is 0 Å². The van der Waals surface area contributed by atoms with E-state index in [4.69, 9.17) is 0 Å². The maximum absolute atomic E-state index is 11.7. The Morgan fingerprint density at radius 3 is 1.95 bits per heavy atom. The molecule has 0 radical (unpaired) electrons. The van der Waals surface area contributed by atoms with Gasteiger partial charge in [-0.05, 0) is 19.3 Å². The van der Waals surface area contributed by atoms with E-state index in [0.717, 1.165) is 38.9 Å². The molecule has 2 aliphatic heterocycles. The van der Waals surface area contributed by atoms with Gasteiger partial charge in [0.1, 0.15) is 0 Å². The molecule has 0 aliphatic carbocycles. The Hall–Kier alpha value is -1.36. The van der Waals surface area contributed by atoms with Gasteiger partial charge in [0.25, 0.3) is 0 Å². The first kappa shape index (κ1) is 14.1. The first-order valence-corrected chi connectivity index (χ1v) is 7.09. The largest absolute Gasteiger partial charge is 0.330 e. The van der Waals surface area contributed by atoms with E-state index in [9.17, 15) is 9.59 Å². The fourth-order valence-electron chi connectivity index (χ4n) is 2.65. The van der Waals surface area contributed by atoms with Gasteiger partial charge in [-0.25, -0.2) is 0 Å². The molecule has 0 N–H and O–H groups in total. The van der Waals surface area contributed by atoms with Gasteiger partial charge in [-0.1, -0.05) is 6.08 Å². The quantitative estimate of drug-likeness (QED) is 0.646. The van der Waals surface area contributed by atoms with E-state index in [-0.39, 0.29) is 11.8 Å². The molecule has 2 heterocycles. The SMILES string of the molecule is C=CCCN(CN1CCCC1=O)CN1CCCC1=O. The molecule has 0 aromatic rings. The summed E-state index contributed by atoms with van der Waals surface area (Å²) in [6, 6.07) is 0. The molecule has 106 valence electrons. The summed E-state index contributed by atoms with van der Waals surface area (Å²) in [6.07, 6.45) is 6.00. The lowest BCUT2D eigenvalue weighted by Gasteiger charge is -2.31. The summed E-state index contributed by atoms with van der Waals surface area (Å²) in [4.78, 5) is 29.3. The van der Waals surface area contributed by atoms with Crippen LogP contribution in [0.15, 0.2) is 12.7 Å². The van der Waals surface area contributed by atoms with Crippen molar-refractivity contribution in [1.29, 1.82) is 0 Å². The smallest absolute Gasteiger partial charge is 0.223 e. The molecule has 19 heavy (non-hydrogen) atoms. The Morgan fingerprint density at radius 2 is 1.58 bits per heavy atom. The van der Waals surface area contributed by atoms with Crippen LogP contribution in [0.4, 0.5) is 0 Å². The summed E-state index contributed by atoms with van der Waals surface area (Å²) >= 11 is 0. The minimum atomic E-state index is 0.233. The molecule has 0 atom stereocenters. The molecule has 5 heteroatoms. The van der Waals surface area contributed by atoms with E-state index >= 15 is 0 Å². The van der Waals surface area contributed by atoms with Crippen molar-refractivity contribution in [3.63, 3.8) is 0 Å². The van der Waals surface area contributed by atoms with Crippen molar-refractivity contribution in [3.05, 3.63) is 12.7 Å². The van der Waals surface area contributed by atoms with Crippen molar-refractivity contribution in [1.82, 2.24) is 14.7 Å². The fraction of sp³-hybridized carbons (Fsp3) is 0.714. The summed E-state index contributed by atoms with van der Waals surface area (Å²) < 4.78 is 0. The maximum atomic E-state index is 11.7. The molecule has 0 aromatic carbocycles. The van der Waals surface area contributed by atoms with Gasteiger partial charge in [-0.2, -0.15) is 0 Å².